The summed E-state index contributed by atoms with van der Waals surface area (Å²) in [4.78, 5) is 2.02. The molecule has 0 radical (unpaired) electrons. The molecule has 1 aliphatic heterocycles. The summed E-state index contributed by atoms with van der Waals surface area (Å²) in [5, 5.41) is 2.94. The molecule has 2 fully saturated rings. The molecule has 0 aromatic heterocycles. The maximum Gasteiger partial charge on any atom is 0.149 e. The van der Waals surface area contributed by atoms with Crippen molar-refractivity contribution in [1.29, 1.82) is 0 Å². The molecule has 3 rings (SSSR count). The predicted molar refractivity (Wildman–Crippen MR) is 81.4 cm³/mol. The van der Waals surface area contributed by atoms with Crippen LogP contribution in [0.5, 0.6) is 0 Å². The molecular weight excluding hydrogens is 270 g/mol. The van der Waals surface area contributed by atoms with Gasteiger partial charge in [0.25, 0.3) is 0 Å². The molecule has 116 valence electrons. The van der Waals surface area contributed by atoms with Crippen molar-refractivity contribution in [3.05, 3.63) is 29.3 Å². The zero-order valence-corrected chi connectivity index (χ0v) is 12.7. The molecular formula is C17H24F2N2. The van der Waals surface area contributed by atoms with E-state index in [0.29, 0.717) is 24.1 Å². The summed E-state index contributed by atoms with van der Waals surface area (Å²) in [7, 11) is 1.78. The number of piperidine rings is 1. The first-order valence-electron chi connectivity index (χ1n) is 8.10. The topological polar surface area (TPSA) is 15.3 Å². The minimum Gasteiger partial charge on any atom is -0.364 e. The van der Waals surface area contributed by atoms with E-state index in [9.17, 15) is 8.78 Å². The highest BCUT2D eigenvalue weighted by Gasteiger charge is 2.35. The number of nitrogens with one attached hydrogen (secondary N) is 1. The standard InChI is InChI=1S/C17H24F2N2/c1-20-11-12-9-14(18)17(15(19)10-12)21-8-4-6-13-5-2-3-7-16(13)21/h9-10,13,16,20H,2-8,11H2,1H3/t13-,16-/m1/s1. The maximum atomic E-state index is 14.5. The first-order chi connectivity index (χ1) is 10.2. The Morgan fingerprint density at radius 3 is 2.48 bits per heavy atom. The molecule has 2 aliphatic rings. The molecule has 2 atom stereocenters. The maximum absolute atomic E-state index is 14.5. The SMILES string of the molecule is CNCc1cc(F)c(N2CCC[C@H]3CCCC[C@H]32)c(F)c1. The number of halogens is 2. The lowest BCUT2D eigenvalue weighted by molar-refractivity contribution is 0.241. The summed E-state index contributed by atoms with van der Waals surface area (Å²) in [5.41, 5.74) is 0.861. The van der Waals surface area contributed by atoms with Gasteiger partial charge in [-0.2, -0.15) is 0 Å². The number of anilines is 1. The fraction of sp³-hybridized carbons (Fsp3) is 0.647. The summed E-state index contributed by atoms with van der Waals surface area (Å²) in [6, 6.07) is 3.27. The molecule has 1 N–H and O–H groups in total. The van der Waals surface area contributed by atoms with Gasteiger partial charge in [-0.1, -0.05) is 12.8 Å². The van der Waals surface area contributed by atoms with E-state index in [2.05, 4.69) is 5.32 Å². The predicted octanol–water partition coefficient (Wildman–Crippen LogP) is 3.84. The van der Waals surface area contributed by atoms with E-state index in [1.807, 2.05) is 4.90 Å². The fourth-order valence-corrected chi connectivity index (χ4v) is 4.10. The highest BCUT2D eigenvalue weighted by molar-refractivity contribution is 5.52. The minimum absolute atomic E-state index is 0.200. The Balaban J connectivity index is 1.91. The first kappa shape index (κ1) is 14.8. The van der Waals surface area contributed by atoms with Gasteiger partial charge < -0.3 is 10.2 Å². The van der Waals surface area contributed by atoms with E-state index < -0.39 is 11.6 Å². The Bertz CT molecular complexity index is 479. The Hall–Kier alpha value is -1.16. The lowest BCUT2D eigenvalue weighted by Gasteiger charge is -2.45. The van der Waals surface area contributed by atoms with Crippen LogP contribution in [0.2, 0.25) is 0 Å². The monoisotopic (exact) mass is 294 g/mol. The van der Waals surface area contributed by atoms with E-state index >= 15 is 0 Å². The van der Waals surface area contributed by atoms with Crippen LogP contribution in [0.15, 0.2) is 12.1 Å². The third-order valence-corrected chi connectivity index (χ3v) is 4.99. The van der Waals surface area contributed by atoms with Crippen LogP contribution in [0, 0.1) is 17.6 Å². The van der Waals surface area contributed by atoms with Crippen molar-refractivity contribution in [3.8, 4) is 0 Å². The normalized spacial score (nSPS) is 25.8. The van der Waals surface area contributed by atoms with Gasteiger partial charge in [-0.05, 0) is 56.3 Å². The molecule has 0 unspecified atom stereocenters. The third-order valence-electron chi connectivity index (χ3n) is 4.99. The molecule has 1 heterocycles. The molecule has 1 aromatic carbocycles. The van der Waals surface area contributed by atoms with E-state index in [1.54, 1.807) is 7.05 Å². The van der Waals surface area contributed by atoms with Gasteiger partial charge >= 0.3 is 0 Å². The Kier molecular flexibility index (Phi) is 4.43. The van der Waals surface area contributed by atoms with E-state index in [-0.39, 0.29) is 5.69 Å². The minimum atomic E-state index is -0.411. The smallest absolute Gasteiger partial charge is 0.149 e. The third kappa shape index (κ3) is 2.91. The molecule has 0 amide bonds. The second-order valence-corrected chi connectivity index (χ2v) is 6.39. The number of hydrogen-bond donors (Lipinski definition) is 1. The zero-order valence-electron chi connectivity index (χ0n) is 12.7. The summed E-state index contributed by atoms with van der Waals surface area (Å²) in [6.45, 7) is 1.26. The first-order valence-corrected chi connectivity index (χ1v) is 8.10. The van der Waals surface area contributed by atoms with Crippen molar-refractivity contribution in [1.82, 2.24) is 5.32 Å². The Morgan fingerprint density at radius 1 is 1.10 bits per heavy atom. The van der Waals surface area contributed by atoms with Crippen molar-refractivity contribution in [2.24, 2.45) is 5.92 Å². The van der Waals surface area contributed by atoms with Crippen molar-refractivity contribution < 1.29 is 8.78 Å². The van der Waals surface area contributed by atoms with E-state index in [4.69, 9.17) is 0 Å². The molecule has 1 aliphatic carbocycles. The van der Waals surface area contributed by atoms with Crippen LogP contribution >= 0.6 is 0 Å². The molecule has 0 spiro atoms. The van der Waals surface area contributed by atoms with Crippen molar-refractivity contribution in [2.75, 3.05) is 18.5 Å². The van der Waals surface area contributed by atoms with Crippen LogP contribution in [0.1, 0.15) is 44.1 Å². The molecule has 1 saturated carbocycles. The van der Waals surface area contributed by atoms with Crippen molar-refractivity contribution >= 4 is 5.69 Å². The van der Waals surface area contributed by atoms with Crippen LogP contribution < -0.4 is 10.2 Å². The summed E-state index contributed by atoms with van der Waals surface area (Å²) >= 11 is 0. The lowest BCUT2D eigenvalue weighted by atomic mass is 9.78. The average molecular weight is 294 g/mol. The van der Waals surface area contributed by atoms with Crippen LogP contribution in [-0.2, 0) is 6.54 Å². The van der Waals surface area contributed by atoms with Crippen LogP contribution in [0.3, 0.4) is 0 Å². The molecule has 2 nitrogen and oxygen atoms in total. The number of hydrogen-bond acceptors (Lipinski definition) is 2. The van der Waals surface area contributed by atoms with E-state index in [1.165, 1.54) is 37.8 Å². The number of fused-ring (bicyclic) bond motifs is 1. The molecule has 21 heavy (non-hydrogen) atoms. The quantitative estimate of drug-likeness (QED) is 0.911. The second-order valence-electron chi connectivity index (χ2n) is 6.39. The van der Waals surface area contributed by atoms with Crippen LogP contribution in [0.25, 0.3) is 0 Å². The van der Waals surface area contributed by atoms with Crippen molar-refractivity contribution in [2.45, 2.75) is 51.1 Å². The molecule has 1 aromatic rings. The van der Waals surface area contributed by atoms with Gasteiger partial charge in [0.2, 0.25) is 0 Å². The van der Waals surface area contributed by atoms with E-state index in [0.717, 1.165) is 19.4 Å². The second kappa shape index (κ2) is 6.30. The highest BCUT2D eigenvalue weighted by atomic mass is 19.1. The average Bonchev–Trinajstić information content (AvgIpc) is 2.47. The number of benzene rings is 1. The molecule has 0 bridgehead atoms. The Labute approximate surface area is 125 Å². The largest absolute Gasteiger partial charge is 0.364 e. The van der Waals surface area contributed by atoms with Gasteiger partial charge in [-0.3, -0.25) is 0 Å². The number of nitrogens with zero attached hydrogens (tertiary/aromatic N) is 1. The van der Waals surface area contributed by atoms with Gasteiger partial charge in [-0.15, -0.1) is 0 Å². The lowest BCUT2D eigenvalue weighted by Crippen LogP contribution is -2.47. The molecule has 1 saturated heterocycles. The molecule has 4 heteroatoms. The number of rotatable bonds is 3. The van der Waals surface area contributed by atoms with Crippen molar-refractivity contribution in [3.63, 3.8) is 0 Å². The van der Waals surface area contributed by atoms with Gasteiger partial charge in [0.15, 0.2) is 0 Å². The van der Waals surface area contributed by atoms with Gasteiger partial charge in [0, 0.05) is 19.1 Å². The zero-order chi connectivity index (χ0) is 14.8. The fourth-order valence-electron chi connectivity index (χ4n) is 4.10. The van der Waals surface area contributed by atoms with Gasteiger partial charge in [0.1, 0.15) is 17.3 Å². The van der Waals surface area contributed by atoms with Gasteiger partial charge in [0.05, 0.1) is 0 Å². The summed E-state index contributed by atoms with van der Waals surface area (Å²) < 4.78 is 28.9. The van der Waals surface area contributed by atoms with Crippen LogP contribution in [-0.4, -0.2) is 19.6 Å². The van der Waals surface area contributed by atoms with Gasteiger partial charge in [-0.25, -0.2) is 8.78 Å². The Morgan fingerprint density at radius 2 is 1.76 bits per heavy atom. The van der Waals surface area contributed by atoms with Crippen LogP contribution in [0.4, 0.5) is 14.5 Å². The highest BCUT2D eigenvalue weighted by Crippen LogP contribution is 2.39. The summed E-state index contributed by atoms with van der Waals surface area (Å²) in [5.74, 6) is -0.207. The summed E-state index contributed by atoms with van der Waals surface area (Å²) in [6.07, 6.45) is 6.98.